The quantitative estimate of drug-likeness (QED) is 0.847. The zero-order valence-corrected chi connectivity index (χ0v) is 12.2. The average molecular weight is 295 g/mol. The lowest BCUT2D eigenvalue weighted by Crippen LogP contribution is -2.34. The fourth-order valence-electron chi connectivity index (χ4n) is 1.78. The third kappa shape index (κ3) is 2.52. The van der Waals surface area contributed by atoms with Gasteiger partial charge in [-0.3, -0.25) is 14.3 Å². The van der Waals surface area contributed by atoms with Gasteiger partial charge in [-0.15, -0.1) is 5.10 Å². The lowest BCUT2D eigenvalue weighted by atomic mass is 10.1. The Morgan fingerprint density at radius 3 is 3.05 bits per heavy atom. The Balaban J connectivity index is 2.29. The average Bonchev–Trinajstić information content (AvgIpc) is 2.90. The Morgan fingerprint density at radius 2 is 2.47 bits per heavy atom. The molecule has 0 bridgehead atoms. The van der Waals surface area contributed by atoms with Gasteiger partial charge in [0.25, 0.3) is 5.91 Å². The van der Waals surface area contributed by atoms with Crippen LogP contribution in [-0.2, 0) is 0 Å². The summed E-state index contributed by atoms with van der Waals surface area (Å²) < 4.78 is 2.21. The van der Waals surface area contributed by atoms with Crippen LogP contribution in [0.15, 0.2) is 0 Å². The standard InChI is InChI=1S/C11H13N5OS2/c1-3-7(4-5-12)13-9(17)8-6(2)16-10(18)14-15-11(16)19-8/h7H,3-4H2,1-2H3,(H,13,17)(H,14,18). The van der Waals surface area contributed by atoms with Crippen molar-refractivity contribution in [3.63, 3.8) is 0 Å². The van der Waals surface area contributed by atoms with Crippen LogP contribution in [0.2, 0.25) is 0 Å². The van der Waals surface area contributed by atoms with Crippen molar-refractivity contribution in [2.24, 2.45) is 0 Å². The number of thiazole rings is 1. The fraction of sp³-hybridized carbons (Fsp3) is 0.455. The van der Waals surface area contributed by atoms with Crippen molar-refractivity contribution in [2.75, 3.05) is 0 Å². The minimum atomic E-state index is -0.176. The van der Waals surface area contributed by atoms with Crippen LogP contribution in [0.4, 0.5) is 0 Å². The van der Waals surface area contributed by atoms with Crippen molar-refractivity contribution in [3.05, 3.63) is 15.3 Å². The molecular formula is C11H13N5OS2. The zero-order chi connectivity index (χ0) is 14.0. The molecule has 0 aliphatic carbocycles. The number of carbonyl (C=O) groups is 1. The zero-order valence-electron chi connectivity index (χ0n) is 10.6. The second-order valence-electron chi connectivity index (χ2n) is 4.10. The van der Waals surface area contributed by atoms with Gasteiger partial charge in [-0.1, -0.05) is 18.3 Å². The normalized spacial score (nSPS) is 12.3. The molecule has 0 spiro atoms. The Hall–Kier alpha value is -1.72. The van der Waals surface area contributed by atoms with Crippen LogP contribution in [0.5, 0.6) is 0 Å². The van der Waals surface area contributed by atoms with E-state index in [0.29, 0.717) is 21.0 Å². The molecule has 0 fully saturated rings. The van der Waals surface area contributed by atoms with Gasteiger partial charge in [0.1, 0.15) is 4.88 Å². The first-order valence-electron chi connectivity index (χ1n) is 5.82. The van der Waals surface area contributed by atoms with Gasteiger partial charge in [-0.05, 0) is 25.6 Å². The number of hydrogen-bond acceptors (Lipinski definition) is 5. The molecule has 2 aromatic rings. The van der Waals surface area contributed by atoms with Crippen LogP contribution in [-0.4, -0.2) is 26.5 Å². The predicted octanol–water partition coefficient (Wildman–Crippen LogP) is 2.18. The molecule has 0 saturated carbocycles. The molecule has 100 valence electrons. The third-order valence-electron chi connectivity index (χ3n) is 2.87. The number of nitrogens with zero attached hydrogens (tertiary/aromatic N) is 3. The van der Waals surface area contributed by atoms with E-state index in [0.717, 1.165) is 12.1 Å². The van der Waals surface area contributed by atoms with E-state index in [9.17, 15) is 4.79 Å². The monoisotopic (exact) mass is 295 g/mol. The van der Waals surface area contributed by atoms with Crippen LogP contribution < -0.4 is 5.32 Å². The number of amides is 1. The minimum Gasteiger partial charge on any atom is -0.348 e. The van der Waals surface area contributed by atoms with Crippen LogP contribution in [0.25, 0.3) is 4.96 Å². The van der Waals surface area contributed by atoms with E-state index in [1.807, 2.05) is 13.8 Å². The fourth-order valence-corrected chi connectivity index (χ4v) is 3.09. The molecule has 0 radical (unpaired) electrons. The van der Waals surface area contributed by atoms with Gasteiger partial charge in [-0.2, -0.15) is 5.26 Å². The Bertz CT molecular complexity index is 705. The highest BCUT2D eigenvalue weighted by molar-refractivity contribution is 7.71. The predicted molar refractivity (Wildman–Crippen MR) is 74.8 cm³/mol. The molecule has 0 saturated heterocycles. The Kier molecular flexibility index (Phi) is 3.97. The Labute approximate surface area is 119 Å². The maximum atomic E-state index is 12.2. The van der Waals surface area contributed by atoms with Gasteiger partial charge in [0, 0.05) is 11.7 Å². The summed E-state index contributed by atoms with van der Waals surface area (Å²) in [6.07, 6.45) is 1.03. The number of hydrogen-bond donors (Lipinski definition) is 2. The smallest absolute Gasteiger partial charge is 0.263 e. The maximum Gasteiger partial charge on any atom is 0.263 e. The molecule has 0 aliphatic heterocycles. The molecule has 2 rings (SSSR count). The van der Waals surface area contributed by atoms with E-state index < -0.39 is 0 Å². The second kappa shape index (κ2) is 5.50. The molecule has 0 aromatic carbocycles. The second-order valence-corrected chi connectivity index (χ2v) is 5.47. The minimum absolute atomic E-state index is 0.124. The highest BCUT2D eigenvalue weighted by atomic mass is 32.1. The molecule has 1 amide bonds. The summed E-state index contributed by atoms with van der Waals surface area (Å²) in [4.78, 5) is 13.4. The molecule has 2 N–H and O–H groups in total. The van der Waals surface area contributed by atoms with Crippen molar-refractivity contribution >= 4 is 34.4 Å². The van der Waals surface area contributed by atoms with E-state index >= 15 is 0 Å². The number of aromatic nitrogens is 3. The highest BCUT2D eigenvalue weighted by Crippen LogP contribution is 2.21. The van der Waals surface area contributed by atoms with E-state index in [1.165, 1.54) is 11.3 Å². The Morgan fingerprint density at radius 1 is 1.74 bits per heavy atom. The molecular weight excluding hydrogens is 282 g/mol. The first-order valence-corrected chi connectivity index (χ1v) is 7.05. The number of aryl methyl sites for hydroxylation is 1. The van der Waals surface area contributed by atoms with Gasteiger partial charge in [0.15, 0.2) is 0 Å². The summed E-state index contributed by atoms with van der Waals surface area (Å²) >= 11 is 6.39. The summed E-state index contributed by atoms with van der Waals surface area (Å²) in [5.74, 6) is -0.176. The first-order chi connectivity index (χ1) is 9.08. The van der Waals surface area contributed by atoms with E-state index in [1.54, 1.807) is 4.40 Å². The summed E-state index contributed by atoms with van der Waals surface area (Å²) in [5, 5.41) is 18.3. The summed E-state index contributed by atoms with van der Waals surface area (Å²) in [7, 11) is 0. The molecule has 1 atom stereocenters. The lowest BCUT2D eigenvalue weighted by Gasteiger charge is -2.12. The van der Waals surface area contributed by atoms with Crippen LogP contribution >= 0.6 is 23.6 Å². The van der Waals surface area contributed by atoms with E-state index in [-0.39, 0.29) is 11.9 Å². The molecule has 0 aliphatic rings. The van der Waals surface area contributed by atoms with Crippen LogP contribution in [0, 0.1) is 23.0 Å². The maximum absolute atomic E-state index is 12.2. The number of H-pyrrole nitrogens is 1. The SMILES string of the molecule is CCC(CC#N)NC(=O)c1sc2n[nH]c(=S)n2c1C. The number of aromatic amines is 1. The molecule has 19 heavy (non-hydrogen) atoms. The summed E-state index contributed by atoms with van der Waals surface area (Å²) in [6, 6.07) is 1.95. The van der Waals surface area contributed by atoms with Gasteiger partial charge < -0.3 is 5.32 Å². The topological polar surface area (TPSA) is 86.0 Å². The van der Waals surface area contributed by atoms with Crippen molar-refractivity contribution in [1.29, 1.82) is 5.26 Å². The van der Waals surface area contributed by atoms with Gasteiger partial charge >= 0.3 is 0 Å². The van der Waals surface area contributed by atoms with Crippen molar-refractivity contribution < 1.29 is 4.79 Å². The molecule has 2 aromatic heterocycles. The number of rotatable bonds is 4. The highest BCUT2D eigenvalue weighted by Gasteiger charge is 2.19. The van der Waals surface area contributed by atoms with Crippen LogP contribution in [0.1, 0.15) is 35.1 Å². The molecule has 2 heterocycles. The van der Waals surface area contributed by atoms with Crippen molar-refractivity contribution in [3.8, 4) is 6.07 Å². The van der Waals surface area contributed by atoms with E-state index in [2.05, 4.69) is 21.6 Å². The first kappa shape index (κ1) is 13.7. The number of carbonyl (C=O) groups excluding carboxylic acids is 1. The summed E-state index contributed by atoms with van der Waals surface area (Å²) in [6.45, 7) is 3.77. The van der Waals surface area contributed by atoms with Gasteiger partial charge in [-0.25, -0.2) is 0 Å². The van der Waals surface area contributed by atoms with Crippen molar-refractivity contribution in [1.82, 2.24) is 19.9 Å². The largest absolute Gasteiger partial charge is 0.348 e. The number of nitriles is 1. The van der Waals surface area contributed by atoms with Gasteiger partial charge in [0.2, 0.25) is 9.73 Å². The summed E-state index contributed by atoms with van der Waals surface area (Å²) in [5.41, 5.74) is 0.767. The molecule has 1 unspecified atom stereocenters. The number of nitrogens with one attached hydrogen (secondary N) is 2. The van der Waals surface area contributed by atoms with Crippen LogP contribution in [0.3, 0.4) is 0 Å². The third-order valence-corrected chi connectivity index (χ3v) is 4.29. The lowest BCUT2D eigenvalue weighted by molar-refractivity contribution is 0.0940. The molecule has 8 heteroatoms. The van der Waals surface area contributed by atoms with Crippen molar-refractivity contribution in [2.45, 2.75) is 32.7 Å². The number of fused-ring (bicyclic) bond motifs is 1. The molecule has 6 nitrogen and oxygen atoms in total. The van der Waals surface area contributed by atoms with Gasteiger partial charge in [0.05, 0.1) is 12.5 Å². The van der Waals surface area contributed by atoms with E-state index in [4.69, 9.17) is 17.5 Å².